The van der Waals surface area contributed by atoms with Crippen molar-refractivity contribution in [2.75, 3.05) is 19.3 Å². The van der Waals surface area contributed by atoms with Crippen LogP contribution in [-0.4, -0.2) is 47.5 Å². The molecule has 1 amide bonds. The Bertz CT molecular complexity index is 290. The van der Waals surface area contributed by atoms with E-state index < -0.39 is 0 Å². The smallest absolute Gasteiger partial charge is 0.239 e. The van der Waals surface area contributed by atoms with Crippen LogP contribution in [0.1, 0.15) is 51.9 Å². The predicted octanol–water partition coefficient (Wildman–Crippen LogP) is 2.65. The van der Waals surface area contributed by atoms with Gasteiger partial charge in [0.05, 0.1) is 6.04 Å². The zero-order valence-corrected chi connectivity index (χ0v) is 13.2. The first-order chi connectivity index (χ1) is 9.22. The highest BCUT2D eigenvalue weighted by Crippen LogP contribution is 2.27. The second-order valence-electron chi connectivity index (χ2n) is 5.95. The van der Waals surface area contributed by atoms with Gasteiger partial charge in [0.2, 0.25) is 5.91 Å². The summed E-state index contributed by atoms with van der Waals surface area (Å²) in [7, 11) is 1.91. The summed E-state index contributed by atoms with van der Waals surface area (Å²) < 4.78 is 0. The Balaban J connectivity index is 1.99. The Labute approximate surface area is 121 Å². The maximum absolute atomic E-state index is 12.6. The lowest BCUT2D eigenvalue weighted by molar-refractivity contribution is -0.134. The summed E-state index contributed by atoms with van der Waals surface area (Å²) in [6, 6.07) is 0.454. The molecule has 0 saturated carbocycles. The van der Waals surface area contributed by atoms with E-state index in [4.69, 9.17) is 0 Å². The van der Waals surface area contributed by atoms with Crippen molar-refractivity contribution in [1.29, 1.82) is 0 Å². The normalized spacial score (nSPS) is 33.9. The summed E-state index contributed by atoms with van der Waals surface area (Å²) in [5.41, 5.74) is 0. The van der Waals surface area contributed by atoms with Crippen molar-refractivity contribution in [3.63, 3.8) is 0 Å². The average Bonchev–Trinajstić information content (AvgIpc) is 2.74. The fourth-order valence-corrected chi connectivity index (χ4v) is 4.50. The van der Waals surface area contributed by atoms with Crippen LogP contribution >= 0.6 is 11.8 Å². The van der Waals surface area contributed by atoms with Gasteiger partial charge in [0, 0.05) is 17.8 Å². The van der Waals surface area contributed by atoms with Crippen LogP contribution in [0, 0.1) is 0 Å². The predicted molar refractivity (Wildman–Crippen MR) is 82.6 cm³/mol. The molecule has 0 bridgehead atoms. The third kappa shape index (κ3) is 4.12. The molecule has 3 nitrogen and oxygen atoms in total. The van der Waals surface area contributed by atoms with Crippen molar-refractivity contribution < 1.29 is 4.79 Å². The molecular weight excluding hydrogens is 256 g/mol. The van der Waals surface area contributed by atoms with E-state index in [0.717, 1.165) is 25.8 Å². The first-order valence-corrected chi connectivity index (χ1v) is 8.86. The van der Waals surface area contributed by atoms with E-state index >= 15 is 0 Å². The fraction of sp³-hybridized carbons (Fsp3) is 0.933. The molecule has 0 aliphatic carbocycles. The van der Waals surface area contributed by atoms with Gasteiger partial charge in [-0.3, -0.25) is 4.79 Å². The van der Waals surface area contributed by atoms with E-state index in [1.54, 1.807) is 0 Å². The van der Waals surface area contributed by atoms with Crippen molar-refractivity contribution in [3.05, 3.63) is 0 Å². The molecule has 0 aromatic rings. The summed E-state index contributed by atoms with van der Waals surface area (Å²) in [5, 5.41) is 3.85. The lowest BCUT2D eigenvalue weighted by Crippen LogP contribution is -2.49. The molecule has 110 valence electrons. The van der Waals surface area contributed by atoms with Crippen LogP contribution in [0.5, 0.6) is 0 Å². The zero-order valence-electron chi connectivity index (χ0n) is 12.4. The van der Waals surface area contributed by atoms with Crippen molar-refractivity contribution in [1.82, 2.24) is 10.2 Å². The molecule has 2 saturated heterocycles. The minimum Gasteiger partial charge on any atom is -0.338 e. The SMILES string of the molecule is CNC1CCCC(C)N(CC2CCCCCS2)C1=O. The van der Waals surface area contributed by atoms with E-state index in [0.29, 0.717) is 17.2 Å². The summed E-state index contributed by atoms with van der Waals surface area (Å²) in [6.45, 7) is 3.18. The first-order valence-electron chi connectivity index (χ1n) is 7.81. The van der Waals surface area contributed by atoms with Gasteiger partial charge >= 0.3 is 0 Å². The van der Waals surface area contributed by atoms with Gasteiger partial charge in [-0.1, -0.05) is 12.8 Å². The van der Waals surface area contributed by atoms with Crippen molar-refractivity contribution >= 4 is 17.7 Å². The first kappa shape index (κ1) is 15.2. The van der Waals surface area contributed by atoms with Crippen LogP contribution in [0.3, 0.4) is 0 Å². The molecule has 3 unspecified atom stereocenters. The highest BCUT2D eigenvalue weighted by molar-refractivity contribution is 7.99. The second kappa shape index (κ2) is 7.53. The molecular formula is C15H28N2OS. The maximum Gasteiger partial charge on any atom is 0.239 e. The Morgan fingerprint density at radius 1 is 1.21 bits per heavy atom. The van der Waals surface area contributed by atoms with E-state index in [1.807, 2.05) is 7.05 Å². The van der Waals surface area contributed by atoms with Crippen LogP contribution in [0.4, 0.5) is 0 Å². The number of hydrogen-bond acceptors (Lipinski definition) is 3. The van der Waals surface area contributed by atoms with Gasteiger partial charge in [-0.05, 0) is 51.8 Å². The summed E-state index contributed by atoms with van der Waals surface area (Å²) >= 11 is 2.08. The number of amides is 1. The molecule has 19 heavy (non-hydrogen) atoms. The summed E-state index contributed by atoms with van der Waals surface area (Å²) in [6.07, 6.45) is 8.65. The number of carbonyl (C=O) groups is 1. The molecule has 0 radical (unpaired) electrons. The quantitative estimate of drug-likeness (QED) is 0.865. The van der Waals surface area contributed by atoms with E-state index in [1.165, 1.54) is 31.4 Å². The molecule has 2 aliphatic heterocycles. The zero-order chi connectivity index (χ0) is 13.7. The van der Waals surface area contributed by atoms with Crippen LogP contribution in [0.2, 0.25) is 0 Å². The van der Waals surface area contributed by atoms with Gasteiger partial charge in [-0.25, -0.2) is 0 Å². The topological polar surface area (TPSA) is 32.3 Å². The molecule has 2 rings (SSSR count). The van der Waals surface area contributed by atoms with Crippen molar-refractivity contribution in [2.24, 2.45) is 0 Å². The van der Waals surface area contributed by atoms with Gasteiger partial charge in [0.1, 0.15) is 0 Å². The van der Waals surface area contributed by atoms with Gasteiger partial charge in [0.25, 0.3) is 0 Å². The monoisotopic (exact) mass is 284 g/mol. The number of likely N-dealkylation sites (N-methyl/N-ethyl adjacent to an activating group) is 1. The molecule has 2 aliphatic rings. The Kier molecular flexibility index (Phi) is 6.02. The van der Waals surface area contributed by atoms with E-state index in [2.05, 4.69) is 28.9 Å². The van der Waals surface area contributed by atoms with Crippen LogP contribution < -0.4 is 5.32 Å². The van der Waals surface area contributed by atoms with Crippen LogP contribution in [0.15, 0.2) is 0 Å². The molecule has 0 spiro atoms. The average molecular weight is 284 g/mol. The van der Waals surface area contributed by atoms with Crippen LogP contribution in [0.25, 0.3) is 0 Å². The van der Waals surface area contributed by atoms with Crippen molar-refractivity contribution in [2.45, 2.75) is 69.2 Å². The molecule has 0 aromatic carbocycles. The third-order valence-corrected chi connectivity index (χ3v) is 5.88. The fourth-order valence-electron chi connectivity index (χ4n) is 3.20. The largest absolute Gasteiger partial charge is 0.338 e. The Hall–Kier alpha value is -0.220. The second-order valence-corrected chi connectivity index (χ2v) is 7.36. The summed E-state index contributed by atoms with van der Waals surface area (Å²) in [5.74, 6) is 1.61. The number of nitrogens with one attached hydrogen (secondary N) is 1. The van der Waals surface area contributed by atoms with Gasteiger partial charge < -0.3 is 10.2 Å². The molecule has 3 atom stereocenters. The molecule has 2 heterocycles. The third-order valence-electron chi connectivity index (χ3n) is 4.50. The van der Waals surface area contributed by atoms with Crippen LogP contribution in [-0.2, 0) is 4.79 Å². The lowest BCUT2D eigenvalue weighted by Gasteiger charge is -2.32. The molecule has 0 aromatic heterocycles. The van der Waals surface area contributed by atoms with E-state index in [9.17, 15) is 4.79 Å². The van der Waals surface area contributed by atoms with E-state index in [-0.39, 0.29) is 6.04 Å². The highest BCUT2D eigenvalue weighted by Gasteiger charge is 2.31. The lowest BCUT2D eigenvalue weighted by atomic mass is 10.1. The number of carbonyl (C=O) groups excluding carboxylic acids is 1. The molecule has 1 N–H and O–H groups in total. The molecule has 2 fully saturated rings. The minimum absolute atomic E-state index is 0.0423. The van der Waals surface area contributed by atoms with Gasteiger partial charge in [0.15, 0.2) is 0 Å². The number of rotatable bonds is 3. The number of nitrogens with zero attached hydrogens (tertiary/aromatic N) is 1. The standard InChI is InChI=1S/C15H28N2OS/c1-12-7-6-9-14(16-2)15(18)17(12)11-13-8-4-3-5-10-19-13/h12-14,16H,3-11H2,1-2H3. The highest BCUT2D eigenvalue weighted by atomic mass is 32.2. The minimum atomic E-state index is 0.0423. The van der Waals surface area contributed by atoms with Gasteiger partial charge in [-0.15, -0.1) is 0 Å². The number of thioether (sulfide) groups is 1. The molecule has 4 heteroatoms. The summed E-state index contributed by atoms with van der Waals surface area (Å²) in [4.78, 5) is 14.8. The number of likely N-dealkylation sites (tertiary alicyclic amines) is 1. The van der Waals surface area contributed by atoms with Crippen molar-refractivity contribution in [3.8, 4) is 0 Å². The number of hydrogen-bond donors (Lipinski definition) is 1. The maximum atomic E-state index is 12.6. The van der Waals surface area contributed by atoms with Gasteiger partial charge in [-0.2, -0.15) is 11.8 Å². The Morgan fingerprint density at radius 2 is 2.05 bits per heavy atom. The Morgan fingerprint density at radius 3 is 2.84 bits per heavy atom.